The van der Waals surface area contributed by atoms with Crippen molar-refractivity contribution in [3.8, 4) is 0 Å². The van der Waals surface area contributed by atoms with Gasteiger partial charge < -0.3 is 22.1 Å². The molecule has 0 heterocycles. The van der Waals surface area contributed by atoms with Gasteiger partial charge in [-0.1, -0.05) is 6.42 Å². The molecule has 1 rings (SSSR count). The first-order valence-corrected chi connectivity index (χ1v) is 6.48. The molecule has 19 heavy (non-hydrogen) atoms. The van der Waals surface area contributed by atoms with Crippen LogP contribution in [-0.4, -0.2) is 41.8 Å². The highest BCUT2D eigenvalue weighted by molar-refractivity contribution is 5.88. The van der Waals surface area contributed by atoms with Crippen LogP contribution in [0.1, 0.15) is 32.1 Å². The summed E-state index contributed by atoms with van der Waals surface area (Å²) in [5.74, 6) is -1.37. The molecule has 1 aliphatic rings. The summed E-state index contributed by atoms with van der Waals surface area (Å²) in [5, 5.41) is 0. The molecule has 0 aromatic heterocycles. The number of carbonyl (C=O) groups excluding carboxylic acids is 3. The standard InChI is InChI=1S/C12H22N4O3/c13-9-3-1-2-8(4-9)5-12(19)16(6-10(14)17)7-11(15)18/h8-9H,1-7,13H2,(H2,14,17)(H2,15,18). The molecule has 1 aliphatic carbocycles. The number of amides is 3. The van der Waals surface area contributed by atoms with E-state index in [0.29, 0.717) is 0 Å². The molecule has 0 bridgehead atoms. The molecule has 0 radical (unpaired) electrons. The summed E-state index contributed by atoms with van der Waals surface area (Å²) in [4.78, 5) is 35.0. The monoisotopic (exact) mass is 270 g/mol. The average molecular weight is 270 g/mol. The van der Waals surface area contributed by atoms with Crippen molar-refractivity contribution in [1.82, 2.24) is 4.90 Å². The zero-order chi connectivity index (χ0) is 14.4. The van der Waals surface area contributed by atoms with Crippen LogP contribution in [0.15, 0.2) is 0 Å². The van der Waals surface area contributed by atoms with Crippen LogP contribution in [0.2, 0.25) is 0 Å². The highest BCUT2D eigenvalue weighted by Gasteiger charge is 2.25. The predicted molar refractivity (Wildman–Crippen MR) is 69.5 cm³/mol. The Kier molecular flexibility index (Phi) is 5.75. The Balaban J connectivity index is 2.55. The third-order valence-electron chi connectivity index (χ3n) is 3.33. The SMILES string of the molecule is NC(=O)CN(CC(N)=O)C(=O)CC1CCCC(N)C1. The van der Waals surface area contributed by atoms with Gasteiger partial charge in [-0.05, 0) is 25.2 Å². The Hall–Kier alpha value is -1.63. The van der Waals surface area contributed by atoms with Gasteiger partial charge in [0, 0.05) is 12.5 Å². The molecule has 0 aliphatic heterocycles. The number of hydrogen-bond acceptors (Lipinski definition) is 4. The van der Waals surface area contributed by atoms with Crippen molar-refractivity contribution >= 4 is 17.7 Å². The van der Waals surface area contributed by atoms with Gasteiger partial charge in [0.05, 0.1) is 13.1 Å². The quantitative estimate of drug-likeness (QED) is 0.552. The van der Waals surface area contributed by atoms with Crippen LogP contribution in [0.25, 0.3) is 0 Å². The van der Waals surface area contributed by atoms with Gasteiger partial charge in [0.1, 0.15) is 0 Å². The van der Waals surface area contributed by atoms with Crippen LogP contribution in [0.5, 0.6) is 0 Å². The molecule has 0 aromatic rings. The average Bonchev–Trinajstić information content (AvgIpc) is 2.26. The minimum atomic E-state index is -0.657. The number of hydrogen-bond donors (Lipinski definition) is 3. The Bertz CT molecular complexity index is 343. The molecule has 2 unspecified atom stereocenters. The van der Waals surface area contributed by atoms with E-state index in [-0.39, 0.29) is 37.4 Å². The minimum absolute atomic E-state index is 0.132. The van der Waals surface area contributed by atoms with E-state index in [1.54, 1.807) is 0 Å². The Morgan fingerprint density at radius 1 is 1.05 bits per heavy atom. The van der Waals surface area contributed by atoms with Crippen molar-refractivity contribution in [1.29, 1.82) is 0 Å². The van der Waals surface area contributed by atoms with Gasteiger partial charge in [0.25, 0.3) is 0 Å². The van der Waals surface area contributed by atoms with Gasteiger partial charge in [-0.25, -0.2) is 0 Å². The highest BCUT2D eigenvalue weighted by Crippen LogP contribution is 2.26. The first-order valence-electron chi connectivity index (χ1n) is 6.48. The smallest absolute Gasteiger partial charge is 0.237 e. The molecule has 7 nitrogen and oxygen atoms in total. The fraction of sp³-hybridized carbons (Fsp3) is 0.750. The van der Waals surface area contributed by atoms with E-state index in [9.17, 15) is 14.4 Å². The van der Waals surface area contributed by atoms with Gasteiger partial charge in [0.2, 0.25) is 17.7 Å². The molecule has 1 fully saturated rings. The van der Waals surface area contributed by atoms with Crippen molar-refractivity contribution in [3.05, 3.63) is 0 Å². The van der Waals surface area contributed by atoms with Gasteiger partial charge in [-0.2, -0.15) is 0 Å². The molecule has 0 aromatic carbocycles. The van der Waals surface area contributed by atoms with E-state index in [2.05, 4.69) is 0 Å². The van der Waals surface area contributed by atoms with E-state index in [1.165, 1.54) is 0 Å². The summed E-state index contributed by atoms with van der Waals surface area (Å²) in [6.45, 7) is -0.554. The molecule has 3 amide bonds. The van der Waals surface area contributed by atoms with E-state index in [1.807, 2.05) is 0 Å². The summed E-state index contributed by atoms with van der Waals surface area (Å²) < 4.78 is 0. The lowest BCUT2D eigenvalue weighted by molar-refractivity contribution is -0.139. The zero-order valence-corrected chi connectivity index (χ0v) is 11.0. The normalized spacial score (nSPS) is 22.8. The van der Waals surface area contributed by atoms with Gasteiger partial charge in [0.15, 0.2) is 0 Å². The second kappa shape index (κ2) is 7.08. The lowest BCUT2D eigenvalue weighted by Crippen LogP contribution is -2.44. The van der Waals surface area contributed by atoms with Crippen molar-refractivity contribution < 1.29 is 14.4 Å². The van der Waals surface area contributed by atoms with Gasteiger partial charge >= 0.3 is 0 Å². The third-order valence-corrected chi connectivity index (χ3v) is 3.33. The van der Waals surface area contributed by atoms with E-state index in [4.69, 9.17) is 17.2 Å². The lowest BCUT2D eigenvalue weighted by Gasteiger charge is -2.28. The molecule has 7 heteroatoms. The Labute approximate surface area is 112 Å². The van der Waals surface area contributed by atoms with Crippen molar-refractivity contribution in [2.24, 2.45) is 23.1 Å². The van der Waals surface area contributed by atoms with Crippen molar-refractivity contribution in [3.63, 3.8) is 0 Å². The maximum Gasteiger partial charge on any atom is 0.237 e. The Morgan fingerprint density at radius 2 is 1.63 bits per heavy atom. The first-order chi connectivity index (χ1) is 8.88. The topological polar surface area (TPSA) is 133 Å². The summed E-state index contributed by atoms with van der Waals surface area (Å²) in [7, 11) is 0. The number of primary amides is 2. The maximum atomic E-state index is 12.1. The summed E-state index contributed by atoms with van der Waals surface area (Å²) >= 11 is 0. The maximum absolute atomic E-state index is 12.1. The summed E-state index contributed by atoms with van der Waals surface area (Å²) in [6.07, 6.45) is 4.02. The number of rotatable bonds is 6. The summed E-state index contributed by atoms with van der Waals surface area (Å²) in [6, 6.07) is 0.132. The van der Waals surface area contributed by atoms with Crippen LogP contribution >= 0.6 is 0 Å². The van der Waals surface area contributed by atoms with Crippen LogP contribution in [0, 0.1) is 5.92 Å². The van der Waals surface area contributed by atoms with Crippen molar-refractivity contribution in [2.45, 2.75) is 38.1 Å². The van der Waals surface area contributed by atoms with Crippen LogP contribution in [0.3, 0.4) is 0 Å². The number of nitrogens with two attached hydrogens (primary N) is 3. The lowest BCUT2D eigenvalue weighted by atomic mass is 9.84. The predicted octanol–water partition coefficient (Wildman–Crippen LogP) is -1.31. The minimum Gasteiger partial charge on any atom is -0.368 e. The molecule has 0 spiro atoms. The van der Waals surface area contributed by atoms with Crippen LogP contribution in [0.4, 0.5) is 0 Å². The molecule has 1 saturated carbocycles. The number of nitrogens with zero attached hydrogens (tertiary/aromatic N) is 1. The fourth-order valence-corrected chi connectivity index (χ4v) is 2.50. The molecule has 2 atom stereocenters. The van der Waals surface area contributed by atoms with Crippen molar-refractivity contribution in [2.75, 3.05) is 13.1 Å². The molecular formula is C12H22N4O3. The Morgan fingerprint density at radius 3 is 2.11 bits per heavy atom. The van der Waals surface area contributed by atoms with Crippen LogP contribution < -0.4 is 17.2 Å². The molecule has 108 valence electrons. The number of carbonyl (C=O) groups is 3. The second-order valence-corrected chi connectivity index (χ2v) is 5.18. The zero-order valence-electron chi connectivity index (χ0n) is 11.0. The fourth-order valence-electron chi connectivity index (χ4n) is 2.50. The molecular weight excluding hydrogens is 248 g/mol. The second-order valence-electron chi connectivity index (χ2n) is 5.18. The van der Waals surface area contributed by atoms with E-state index < -0.39 is 11.8 Å². The molecule has 0 saturated heterocycles. The van der Waals surface area contributed by atoms with Gasteiger partial charge in [-0.3, -0.25) is 14.4 Å². The van der Waals surface area contributed by atoms with Gasteiger partial charge in [-0.15, -0.1) is 0 Å². The third kappa shape index (κ3) is 5.69. The van der Waals surface area contributed by atoms with E-state index >= 15 is 0 Å². The van der Waals surface area contributed by atoms with E-state index in [0.717, 1.165) is 30.6 Å². The van der Waals surface area contributed by atoms with Crippen LogP contribution in [-0.2, 0) is 14.4 Å². The largest absolute Gasteiger partial charge is 0.368 e. The molecule has 6 N–H and O–H groups in total. The summed E-state index contributed by atoms with van der Waals surface area (Å²) in [5.41, 5.74) is 16.0. The first kappa shape index (κ1) is 15.4. The highest BCUT2D eigenvalue weighted by atomic mass is 16.2.